The fourth-order valence-electron chi connectivity index (χ4n) is 4.43. The van der Waals surface area contributed by atoms with Crippen molar-refractivity contribution >= 4 is 39.1 Å². The van der Waals surface area contributed by atoms with Crippen LogP contribution >= 0.6 is 11.3 Å². The predicted molar refractivity (Wildman–Crippen MR) is 155 cm³/mol. The van der Waals surface area contributed by atoms with Crippen molar-refractivity contribution < 1.29 is 36.3 Å². The van der Waals surface area contributed by atoms with Crippen LogP contribution in [0.25, 0.3) is 21.3 Å². The van der Waals surface area contributed by atoms with Crippen molar-refractivity contribution in [2.24, 2.45) is 5.73 Å². The number of pyridine rings is 1. The number of hydrogen-bond acceptors (Lipinski definition) is 6. The Morgan fingerprint density at radius 1 is 1.07 bits per heavy atom. The lowest BCUT2D eigenvalue weighted by Gasteiger charge is -2.12. The molecule has 0 fully saturated rings. The highest BCUT2D eigenvalue weighted by atomic mass is 32.1. The highest BCUT2D eigenvalue weighted by Gasteiger charge is 2.35. The van der Waals surface area contributed by atoms with E-state index in [1.807, 2.05) is 24.3 Å². The Bertz CT molecular complexity index is 1800. The molecular weight excluding hydrogens is 586 g/mol. The van der Waals surface area contributed by atoms with Gasteiger partial charge < -0.3 is 20.2 Å². The van der Waals surface area contributed by atoms with E-state index in [0.29, 0.717) is 28.8 Å². The molecule has 0 aliphatic rings. The predicted octanol–water partition coefficient (Wildman–Crippen LogP) is 8.16. The summed E-state index contributed by atoms with van der Waals surface area (Å²) in [6.45, 7) is 4.28. The summed E-state index contributed by atoms with van der Waals surface area (Å²) >= 11 is 0.601. The molecule has 3 N–H and O–H groups in total. The number of benzene rings is 2. The number of amides is 2. The second-order valence-electron chi connectivity index (χ2n) is 9.80. The van der Waals surface area contributed by atoms with E-state index in [0.717, 1.165) is 24.6 Å². The number of ether oxygens (including phenoxy) is 1. The van der Waals surface area contributed by atoms with Crippen molar-refractivity contribution in [3.63, 3.8) is 0 Å². The molecule has 3 heterocycles. The maximum absolute atomic E-state index is 13.7. The molecule has 3 aromatic heterocycles. The van der Waals surface area contributed by atoms with Crippen LogP contribution in [0.4, 0.5) is 23.2 Å². The maximum Gasteiger partial charge on any atom is 0.433 e. The van der Waals surface area contributed by atoms with Crippen LogP contribution in [0.5, 0.6) is 5.75 Å². The summed E-state index contributed by atoms with van der Waals surface area (Å²) in [7, 11) is 0. The van der Waals surface area contributed by atoms with Crippen molar-refractivity contribution in [3.8, 4) is 16.9 Å². The number of carbonyl (C=O) groups is 2. The van der Waals surface area contributed by atoms with Gasteiger partial charge in [-0.15, -0.1) is 11.3 Å². The third-order valence-electron chi connectivity index (χ3n) is 6.90. The number of furan rings is 1. The molecule has 0 spiro atoms. The first-order valence-electron chi connectivity index (χ1n) is 13.2. The van der Waals surface area contributed by atoms with Crippen LogP contribution in [-0.4, -0.2) is 16.8 Å². The van der Waals surface area contributed by atoms with E-state index in [1.54, 1.807) is 6.07 Å². The molecule has 1 atom stereocenters. The lowest BCUT2D eigenvalue weighted by molar-refractivity contribution is -0.140. The number of anilines is 1. The van der Waals surface area contributed by atoms with E-state index in [9.17, 15) is 27.2 Å². The van der Waals surface area contributed by atoms with Crippen molar-refractivity contribution in [3.05, 3.63) is 100 Å². The molecule has 0 saturated carbocycles. The average molecular weight is 612 g/mol. The molecule has 43 heavy (non-hydrogen) atoms. The van der Waals surface area contributed by atoms with Crippen LogP contribution in [0.1, 0.15) is 63.4 Å². The minimum Gasteiger partial charge on any atom is -0.486 e. The smallest absolute Gasteiger partial charge is 0.433 e. The Hall–Kier alpha value is -4.71. The summed E-state index contributed by atoms with van der Waals surface area (Å²) in [6, 6.07) is 16.1. The third kappa shape index (κ3) is 6.38. The number of nitrogens with one attached hydrogen (secondary N) is 1. The number of halogens is 4. The molecule has 2 amide bonds. The Morgan fingerprint density at radius 2 is 1.77 bits per heavy atom. The number of fused-ring (bicyclic) bond motifs is 1. The van der Waals surface area contributed by atoms with Crippen LogP contribution in [-0.2, 0) is 12.8 Å². The van der Waals surface area contributed by atoms with Gasteiger partial charge in [0.2, 0.25) is 0 Å². The summed E-state index contributed by atoms with van der Waals surface area (Å²) in [5, 5.41) is 2.61. The second-order valence-corrected chi connectivity index (χ2v) is 10.8. The summed E-state index contributed by atoms with van der Waals surface area (Å²) in [6.07, 6.45) is -3.80. The molecule has 12 heteroatoms. The number of nitrogens with zero attached hydrogens (tertiary/aromatic N) is 1. The summed E-state index contributed by atoms with van der Waals surface area (Å²) in [5.74, 6) is -1.12. The van der Waals surface area contributed by atoms with Gasteiger partial charge in [-0.1, -0.05) is 38.1 Å². The second kappa shape index (κ2) is 11.9. The molecule has 2 aromatic carbocycles. The van der Waals surface area contributed by atoms with E-state index in [-0.39, 0.29) is 44.3 Å². The van der Waals surface area contributed by atoms with Crippen molar-refractivity contribution in [1.29, 1.82) is 0 Å². The number of thiophene rings is 1. The highest BCUT2D eigenvalue weighted by molar-refractivity contribution is 7.21. The molecule has 5 aromatic rings. The molecule has 0 aliphatic carbocycles. The lowest BCUT2D eigenvalue weighted by atomic mass is 9.99. The van der Waals surface area contributed by atoms with E-state index in [1.165, 1.54) is 23.8 Å². The minimum absolute atomic E-state index is 0.0238. The first-order chi connectivity index (χ1) is 20.4. The molecular formula is C31H25F4N3O4S. The first-order valence-corrected chi connectivity index (χ1v) is 14.0. The molecule has 0 radical (unpaired) electrons. The first kappa shape index (κ1) is 29.8. The number of primary amides is 1. The number of alkyl halides is 3. The number of carbonyl (C=O) groups excluding carboxylic acids is 2. The lowest BCUT2D eigenvalue weighted by Crippen LogP contribution is -2.16. The van der Waals surface area contributed by atoms with Crippen LogP contribution in [0.3, 0.4) is 0 Å². The standard InChI is InChI=1S/C31H25F4N3O4S/c1-3-16(2)17-6-10-20(11-7-17)41-15-21-12-13-23(42-21)29(40)38-26-25-22(18-4-8-19(32)9-5-18)14-24(31(33,34)35)37-30(25)43-27(26)28(36)39/h4-14,16H,3,15H2,1-2H3,(H2,36,39)(H,38,40). The van der Waals surface area contributed by atoms with Gasteiger partial charge in [0.1, 0.15) is 39.3 Å². The third-order valence-corrected chi connectivity index (χ3v) is 8.00. The summed E-state index contributed by atoms with van der Waals surface area (Å²) < 4.78 is 66.2. The number of aromatic nitrogens is 1. The Balaban J connectivity index is 1.45. The molecule has 0 bridgehead atoms. The van der Waals surface area contributed by atoms with E-state index >= 15 is 0 Å². The van der Waals surface area contributed by atoms with Gasteiger partial charge in [0.25, 0.3) is 11.8 Å². The van der Waals surface area contributed by atoms with E-state index in [2.05, 4.69) is 24.1 Å². The van der Waals surface area contributed by atoms with Gasteiger partial charge in [-0.25, -0.2) is 9.37 Å². The number of hydrogen-bond donors (Lipinski definition) is 2. The normalized spacial score (nSPS) is 12.3. The Morgan fingerprint density at radius 3 is 2.40 bits per heavy atom. The van der Waals surface area contributed by atoms with Gasteiger partial charge in [0, 0.05) is 5.39 Å². The van der Waals surface area contributed by atoms with Gasteiger partial charge in [-0.3, -0.25) is 9.59 Å². The monoisotopic (exact) mass is 611 g/mol. The number of rotatable bonds is 9. The molecule has 1 unspecified atom stereocenters. The van der Waals surface area contributed by atoms with Crippen molar-refractivity contribution in [2.45, 2.75) is 39.0 Å². The fourth-order valence-corrected chi connectivity index (χ4v) is 5.44. The van der Waals surface area contributed by atoms with Crippen LogP contribution < -0.4 is 15.8 Å². The number of nitrogens with two attached hydrogens (primary N) is 1. The molecule has 222 valence electrons. The van der Waals surface area contributed by atoms with Crippen LogP contribution in [0, 0.1) is 5.82 Å². The van der Waals surface area contributed by atoms with Crippen LogP contribution in [0.2, 0.25) is 0 Å². The topological polar surface area (TPSA) is 107 Å². The van der Waals surface area contributed by atoms with Crippen LogP contribution in [0.15, 0.2) is 71.1 Å². The van der Waals surface area contributed by atoms with Crippen molar-refractivity contribution in [1.82, 2.24) is 4.98 Å². The highest BCUT2D eigenvalue weighted by Crippen LogP contribution is 2.44. The molecule has 0 aliphatic heterocycles. The average Bonchev–Trinajstić information content (AvgIpc) is 3.61. The zero-order valence-corrected chi connectivity index (χ0v) is 23.7. The minimum atomic E-state index is -4.81. The van der Waals surface area contributed by atoms with Gasteiger partial charge in [-0.05, 0) is 71.5 Å². The van der Waals surface area contributed by atoms with E-state index in [4.69, 9.17) is 14.9 Å². The summed E-state index contributed by atoms with van der Waals surface area (Å²) in [4.78, 5) is 28.8. The zero-order valence-electron chi connectivity index (χ0n) is 22.9. The quantitative estimate of drug-likeness (QED) is 0.164. The van der Waals surface area contributed by atoms with E-state index < -0.39 is 29.5 Å². The van der Waals surface area contributed by atoms with Gasteiger partial charge in [0.15, 0.2) is 5.76 Å². The maximum atomic E-state index is 13.7. The molecule has 5 rings (SSSR count). The fraction of sp³-hybridized carbons (Fsp3) is 0.194. The summed E-state index contributed by atoms with van der Waals surface area (Å²) in [5.41, 5.74) is 5.56. The largest absolute Gasteiger partial charge is 0.486 e. The molecule has 7 nitrogen and oxygen atoms in total. The SMILES string of the molecule is CCC(C)c1ccc(OCc2ccc(C(=O)Nc3c(C(N)=O)sc4nc(C(F)(F)F)cc(-c5ccc(F)cc5)c34)o2)cc1. The van der Waals surface area contributed by atoms with Crippen molar-refractivity contribution in [2.75, 3.05) is 5.32 Å². The van der Waals surface area contributed by atoms with Gasteiger partial charge in [-0.2, -0.15) is 13.2 Å². The van der Waals surface area contributed by atoms with Gasteiger partial charge >= 0.3 is 6.18 Å². The zero-order chi connectivity index (χ0) is 30.9. The Kier molecular flexibility index (Phi) is 8.23. The Labute approximate surface area is 247 Å². The molecule has 0 saturated heterocycles. The van der Waals surface area contributed by atoms with Gasteiger partial charge in [0.05, 0.1) is 5.69 Å².